The molecule has 26 heavy (non-hydrogen) atoms. The molecule has 2 aromatic carbocycles. The molecule has 0 aliphatic heterocycles. The van der Waals surface area contributed by atoms with Crippen molar-refractivity contribution < 1.29 is 4.39 Å². The highest BCUT2D eigenvalue weighted by Gasteiger charge is 2.17. The van der Waals surface area contributed by atoms with Gasteiger partial charge in [0.05, 0.1) is 11.4 Å². The van der Waals surface area contributed by atoms with E-state index < -0.39 is 0 Å². The van der Waals surface area contributed by atoms with Crippen molar-refractivity contribution in [3.63, 3.8) is 0 Å². The number of hydrogen-bond donors (Lipinski definition) is 1. The van der Waals surface area contributed by atoms with Crippen LogP contribution in [0.3, 0.4) is 0 Å². The van der Waals surface area contributed by atoms with Gasteiger partial charge in [0.25, 0.3) is 0 Å². The minimum Gasteiger partial charge on any atom is -0.373 e. The highest BCUT2D eigenvalue weighted by atomic mass is 19.1. The van der Waals surface area contributed by atoms with Crippen molar-refractivity contribution in [3.8, 4) is 22.4 Å². The van der Waals surface area contributed by atoms with Crippen molar-refractivity contribution in [1.29, 1.82) is 0 Å². The van der Waals surface area contributed by atoms with E-state index in [4.69, 9.17) is 10.1 Å². The van der Waals surface area contributed by atoms with Gasteiger partial charge in [-0.1, -0.05) is 42.0 Å². The average molecular weight is 346 g/mol. The number of nitrogens with zero attached hydrogens (tertiary/aromatic N) is 3. The number of rotatable bonds is 3. The van der Waals surface area contributed by atoms with E-state index in [0.29, 0.717) is 5.82 Å². The topological polar surface area (TPSA) is 42.2 Å². The molecule has 130 valence electrons. The maximum absolute atomic E-state index is 13.8. The molecule has 0 unspecified atom stereocenters. The van der Waals surface area contributed by atoms with Crippen LogP contribution in [-0.4, -0.2) is 21.6 Å². The van der Waals surface area contributed by atoms with Crippen LogP contribution in [0.4, 0.5) is 10.2 Å². The number of hydrogen-bond acceptors (Lipinski definition) is 3. The quantitative estimate of drug-likeness (QED) is 0.576. The molecule has 0 spiro atoms. The van der Waals surface area contributed by atoms with E-state index in [0.717, 1.165) is 33.7 Å². The lowest BCUT2D eigenvalue weighted by Gasteiger charge is -2.09. The summed E-state index contributed by atoms with van der Waals surface area (Å²) in [5.41, 5.74) is 6.43. The van der Waals surface area contributed by atoms with Crippen molar-refractivity contribution in [2.75, 3.05) is 12.4 Å². The monoisotopic (exact) mass is 346 g/mol. The number of nitrogens with one attached hydrogen (secondary N) is 1. The average Bonchev–Trinajstić information content (AvgIpc) is 2.97. The maximum atomic E-state index is 13.8. The molecule has 0 amide bonds. The van der Waals surface area contributed by atoms with E-state index in [1.54, 1.807) is 10.6 Å². The third-order valence-electron chi connectivity index (χ3n) is 4.48. The van der Waals surface area contributed by atoms with Crippen molar-refractivity contribution in [2.45, 2.75) is 13.8 Å². The van der Waals surface area contributed by atoms with Crippen LogP contribution in [0.2, 0.25) is 0 Å². The summed E-state index contributed by atoms with van der Waals surface area (Å²) in [4.78, 5) is 4.72. The zero-order chi connectivity index (χ0) is 18.3. The molecule has 4 aromatic rings. The third kappa shape index (κ3) is 2.71. The predicted molar refractivity (Wildman–Crippen MR) is 103 cm³/mol. The van der Waals surface area contributed by atoms with Crippen LogP contribution in [0.1, 0.15) is 11.3 Å². The van der Waals surface area contributed by atoms with Crippen molar-refractivity contribution in [3.05, 3.63) is 71.7 Å². The molecule has 0 atom stereocenters. The van der Waals surface area contributed by atoms with E-state index in [1.807, 2.05) is 26.1 Å². The van der Waals surface area contributed by atoms with Gasteiger partial charge in [-0.25, -0.2) is 13.9 Å². The minimum atomic E-state index is -0.277. The van der Waals surface area contributed by atoms with Crippen LogP contribution in [0.15, 0.2) is 54.6 Å². The fourth-order valence-corrected chi connectivity index (χ4v) is 3.16. The van der Waals surface area contributed by atoms with E-state index in [1.165, 1.54) is 17.7 Å². The Labute approximate surface area is 151 Å². The van der Waals surface area contributed by atoms with E-state index in [9.17, 15) is 4.39 Å². The Balaban J connectivity index is 2.03. The standard InChI is InChI=1S/C21H19FN4/c1-13-7-9-15(10-8-13)20-14(2)25-26-18(12-19(23-3)24-21(20)26)16-5-4-6-17(22)11-16/h4-12H,1-3H3,(H,23,24). The summed E-state index contributed by atoms with van der Waals surface area (Å²) >= 11 is 0. The molecule has 0 aliphatic rings. The summed E-state index contributed by atoms with van der Waals surface area (Å²) in [5, 5.41) is 7.79. The largest absolute Gasteiger partial charge is 0.373 e. The molecule has 2 heterocycles. The SMILES string of the molecule is CNc1cc(-c2cccc(F)c2)n2nc(C)c(-c3ccc(C)cc3)c2n1. The number of halogens is 1. The summed E-state index contributed by atoms with van der Waals surface area (Å²) in [6.45, 7) is 4.03. The normalized spacial score (nSPS) is 11.1. The summed E-state index contributed by atoms with van der Waals surface area (Å²) in [6, 6.07) is 16.7. The fraction of sp³-hybridized carbons (Fsp3) is 0.143. The summed E-state index contributed by atoms with van der Waals surface area (Å²) < 4.78 is 15.6. The Hall–Kier alpha value is -3.21. The lowest BCUT2D eigenvalue weighted by Crippen LogP contribution is -2.01. The molecular formula is C21H19FN4. The number of benzene rings is 2. The first-order valence-corrected chi connectivity index (χ1v) is 8.48. The van der Waals surface area contributed by atoms with E-state index >= 15 is 0 Å². The van der Waals surface area contributed by atoms with Crippen LogP contribution in [0.25, 0.3) is 28.0 Å². The number of aryl methyl sites for hydroxylation is 2. The summed E-state index contributed by atoms with van der Waals surface area (Å²) in [5.74, 6) is 0.436. The Morgan fingerprint density at radius 3 is 2.42 bits per heavy atom. The van der Waals surface area contributed by atoms with Gasteiger partial charge < -0.3 is 5.32 Å². The Morgan fingerprint density at radius 2 is 1.73 bits per heavy atom. The molecule has 5 heteroatoms. The fourth-order valence-electron chi connectivity index (χ4n) is 3.16. The van der Waals surface area contributed by atoms with Gasteiger partial charge in [-0.05, 0) is 31.5 Å². The molecule has 2 aromatic heterocycles. The first kappa shape index (κ1) is 16.3. The molecule has 4 rings (SSSR count). The second kappa shape index (κ2) is 6.26. The van der Waals surface area contributed by atoms with Gasteiger partial charge in [0.15, 0.2) is 5.65 Å². The number of fused-ring (bicyclic) bond motifs is 1. The van der Waals surface area contributed by atoms with E-state index in [2.05, 4.69) is 36.5 Å². The van der Waals surface area contributed by atoms with Crippen LogP contribution >= 0.6 is 0 Å². The van der Waals surface area contributed by atoms with Crippen LogP contribution in [0.5, 0.6) is 0 Å². The molecule has 0 bridgehead atoms. The van der Waals surface area contributed by atoms with E-state index in [-0.39, 0.29) is 5.82 Å². The molecule has 0 saturated heterocycles. The van der Waals surface area contributed by atoms with Crippen LogP contribution in [0, 0.1) is 19.7 Å². The van der Waals surface area contributed by atoms with Crippen molar-refractivity contribution in [2.24, 2.45) is 0 Å². The first-order chi connectivity index (χ1) is 12.6. The second-order valence-corrected chi connectivity index (χ2v) is 6.35. The molecule has 0 radical (unpaired) electrons. The first-order valence-electron chi connectivity index (χ1n) is 8.48. The zero-order valence-corrected chi connectivity index (χ0v) is 14.9. The van der Waals surface area contributed by atoms with Crippen molar-refractivity contribution in [1.82, 2.24) is 14.6 Å². The van der Waals surface area contributed by atoms with Gasteiger partial charge >= 0.3 is 0 Å². The summed E-state index contributed by atoms with van der Waals surface area (Å²) in [7, 11) is 1.82. The lowest BCUT2D eigenvalue weighted by atomic mass is 10.0. The highest BCUT2D eigenvalue weighted by Crippen LogP contribution is 2.32. The number of anilines is 1. The molecule has 0 saturated carbocycles. The Kier molecular flexibility index (Phi) is 3.92. The third-order valence-corrected chi connectivity index (χ3v) is 4.48. The summed E-state index contributed by atoms with van der Waals surface area (Å²) in [6.07, 6.45) is 0. The van der Waals surface area contributed by atoms with Gasteiger partial charge in [-0.2, -0.15) is 5.10 Å². The lowest BCUT2D eigenvalue weighted by molar-refractivity contribution is 0.628. The predicted octanol–water partition coefficient (Wildman–Crippen LogP) is 4.86. The van der Waals surface area contributed by atoms with Crippen molar-refractivity contribution >= 4 is 11.5 Å². The zero-order valence-electron chi connectivity index (χ0n) is 14.9. The smallest absolute Gasteiger partial charge is 0.166 e. The Morgan fingerprint density at radius 1 is 0.962 bits per heavy atom. The minimum absolute atomic E-state index is 0.277. The Bertz CT molecular complexity index is 1100. The molecule has 1 N–H and O–H groups in total. The van der Waals surface area contributed by atoms with Gasteiger partial charge in [-0.3, -0.25) is 0 Å². The second-order valence-electron chi connectivity index (χ2n) is 6.35. The van der Waals surface area contributed by atoms with Gasteiger partial charge in [0.1, 0.15) is 11.6 Å². The molecular weight excluding hydrogens is 327 g/mol. The molecule has 0 aliphatic carbocycles. The number of aromatic nitrogens is 3. The van der Waals surface area contributed by atoms with Crippen LogP contribution in [-0.2, 0) is 0 Å². The molecule has 0 fully saturated rings. The maximum Gasteiger partial charge on any atom is 0.166 e. The van der Waals surface area contributed by atoms with Gasteiger partial charge in [0.2, 0.25) is 0 Å². The highest BCUT2D eigenvalue weighted by molar-refractivity contribution is 5.83. The van der Waals surface area contributed by atoms with Gasteiger partial charge in [-0.15, -0.1) is 0 Å². The van der Waals surface area contributed by atoms with Gasteiger partial charge in [0, 0.05) is 24.2 Å². The molecule has 4 nitrogen and oxygen atoms in total. The van der Waals surface area contributed by atoms with Crippen LogP contribution < -0.4 is 5.32 Å².